The lowest BCUT2D eigenvalue weighted by Crippen LogP contribution is -2.35. The van der Waals surface area contributed by atoms with Gasteiger partial charge in [0.2, 0.25) is 0 Å². The van der Waals surface area contributed by atoms with Crippen molar-refractivity contribution in [2.75, 3.05) is 25.6 Å². The van der Waals surface area contributed by atoms with Crippen LogP contribution in [0.15, 0.2) is 39.6 Å². The van der Waals surface area contributed by atoms with Crippen LogP contribution in [0.3, 0.4) is 0 Å². The van der Waals surface area contributed by atoms with E-state index in [0.717, 1.165) is 16.8 Å². The zero-order valence-electron chi connectivity index (χ0n) is 17.1. The number of carbonyl (C=O) groups excluding carboxylic acids is 1. The predicted octanol–water partition coefficient (Wildman–Crippen LogP) is 2.33. The number of thiazole rings is 1. The molecular weight excluding hydrogens is 374 g/mol. The van der Waals surface area contributed by atoms with Gasteiger partial charge in [0, 0.05) is 25.5 Å². The van der Waals surface area contributed by atoms with E-state index < -0.39 is 12.0 Å². The molecule has 1 aromatic carbocycles. The molecule has 28 heavy (non-hydrogen) atoms. The van der Waals surface area contributed by atoms with Crippen LogP contribution in [-0.2, 0) is 9.53 Å². The average Bonchev–Trinajstić information content (AvgIpc) is 2.99. The number of carbonyl (C=O) groups is 1. The Morgan fingerprint density at radius 3 is 2.43 bits per heavy atom. The molecule has 0 radical (unpaired) electrons. The van der Waals surface area contributed by atoms with Crippen molar-refractivity contribution < 1.29 is 9.53 Å². The molecule has 3 rings (SSSR count). The molecule has 0 spiro atoms. The maximum atomic E-state index is 12.9. The molecule has 0 N–H and O–H groups in total. The minimum atomic E-state index is -0.502. The Morgan fingerprint density at radius 2 is 1.89 bits per heavy atom. The highest BCUT2D eigenvalue weighted by molar-refractivity contribution is 7.07. The van der Waals surface area contributed by atoms with Gasteiger partial charge in [-0.05, 0) is 45.4 Å². The molecule has 1 aliphatic heterocycles. The minimum Gasteiger partial charge on any atom is -0.463 e. The third-order valence-corrected chi connectivity index (χ3v) is 5.95. The zero-order chi connectivity index (χ0) is 20.6. The fourth-order valence-corrected chi connectivity index (χ4v) is 4.26. The highest BCUT2D eigenvalue weighted by Crippen LogP contribution is 2.33. The van der Waals surface area contributed by atoms with E-state index in [0.29, 0.717) is 20.6 Å². The van der Waals surface area contributed by atoms with E-state index in [1.807, 2.05) is 57.1 Å². The second-order valence-corrected chi connectivity index (χ2v) is 8.07. The Kier molecular flexibility index (Phi) is 5.56. The maximum absolute atomic E-state index is 12.9. The summed E-state index contributed by atoms with van der Waals surface area (Å²) >= 11 is 1.36. The lowest BCUT2D eigenvalue weighted by Gasteiger charge is -2.23. The molecule has 0 saturated carbocycles. The number of hydrogen-bond acceptors (Lipinski definition) is 6. The van der Waals surface area contributed by atoms with E-state index in [1.165, 1.54) is 15.9 Å². The number of esters is 1. The van der Waals surface area contributed by atoms with Crippen molar-refractivity contribution in [2.24, 2.45) is 4.99 Å². The molecule has 2 aromatic rings. The van der Waals surface area contributed by atoms with E-state index in [1.54, 1.807) is 13.8 Å². The summed E-state index contributed by atoms with van der Waals surface area (Å²) in [6.45, 7) is 7.63. The summed E-state index contributed by atoms with van der Waals surface area (Å²) in [4.78, 5) is 33.0. The molecule has 0 bridgehead atoms. The Hall–Kier alpha value is -2.67. The van der Waals surface area contributed by atoms with Gasteiger partial charge < -0.3 is 9.64 Å². The number of allylic oxidation sites excluding steroid dienone is 1. The smallest absolute Gasteiger partial charge is 0.338 e. The van der Waals surface area contributed by atoms with Crippen LogP contribution in [0.25, 0.3) is 11.3 Å². The molecule has 0 fully saturated rings. The van der Waals surface area contributed by atoms with Gasteiger partial charge in [0.1, 0.15) is 6.04 Å². The summed E-state index contributed by atoms with van der Waals surface area (Å²) in [5.41, 5.74) is 3.74. The summed E-state index contributed by atoms with van der Waals surface area (Å²) in [7, 11) is 3.95. The minimum absolute atomic E-state index is 0.135. The van der Waals surface area contributed by atoms with Gasteiger partial charge in [-0.15, -0.1) is 0 Å². The molecule has 1 atom stereocenters. The summed E-state index contributed by atoms with van der Waals surface area (Å²) < 4.78 is 7.48. The monoisotopic (exact) mass is 399 g/mol. The zero-order valence-corrected chi connectivity index (χ0v) is 17.9. The standard InChI is InChI=1S/C21H25N3O3S/c1-7-27-20(26)16-13(4)24-19(25)18(12(2)3)28-21(24)22-17(16)14-8-10-15(11-9-14)23(5)6/h8-11,17H,7H2,1-6H3/t17-/m1/s1. The molecule has 148 valence electrons. The van der Waals surface area contributed by atoms with Gasteiger partial charge >= 0.3 is 5.97 Å². The molecule has 0 amide bonds. The van der Waals surface area contributed by atoms with Crippen molar-refractivity contribution in [1.29, 1.82) is 0 Å². The topological polar surface area (TPSA) is 63.9 Å². The highest BCUT2D eigenvalue weighted by Gasteiger charge is 2.31. The highest BCUT2D eigenvalue weighted by atomic mass is 32.1. The number of anilines is 1. The molecule has 6 nitrogen and oxygen atoms in total. The second-order valence-electron chi connectivity index (χ2n) is 7.09. The van der Waals surface area contributed by atoms with E-state index >= 15 is 0 Å². The summed E-state index contributed by atoms with van der Waals surface area (Å²) in [6.07, 6.45) is 0. The van der Waals surface area contributed by atoms with E-state index in [2.05, 4.69) is 0 Å². The first-order chi connectivity index (χ1) is 13.3. The number of ether oxygens (including phenoxy) is 1. The Morgan fingerprint density at radius 1 is 1.25 bits per heavy atom. The van der Waals surface area contributed by atoms with E-state index in [9.17, 15) is 9.59 Å². The van der Waals surface area contributed by atoms with Gasteiger partial charge in [-0.1, -0.05) is 29.0 Å². The molecule has 0 aliphatic carbocycles. The maximum Gasteiger partial charge on any atom is 0.338 e. The van der Waals surface area contributed by atoms with Crippen LogP contribution >= 0.6 is 11.3 Å². The largest absolute Gasteiger partial charge is 0.463 e. The van der Waals surface area contributed by atoms with Gasteiger partial charge in [-0.2, -0.15) is 0 Å². The van der Waals surface area contributed by atoms with Crippen molar-refractivity contribution in [3.05, 3.63) is 55.1 Å². The number of fused-ring (bicyclic) bond motifs is 1. The summed E-state index contributed by atoms with van der Waals surface area (Å²) in [5, 5.41) is 0. The first kappa shape index (κ1) is 20.1. The predicted molar refractivity (Wildman–Crippen MR) is 113 cm³/mol. The summed E-state index contributed by atoms with van der Waals surface area (Å²) in [6, 6.07) is 7.42. The van der Waals surface area contributed by atoms with E-state index in [-0.39, 0.29) is 12.2 Å². The third-order valence-electron chi connectivity index (χ3n) is 4.69. The SMILES string of the molecule is CCOC(=O)C1=C(C)n2c(sc(=C(C)C)c2=O)=N[C@@H]1c1ccc(N(C)C)cc1. The molecule has 2 heterocycles. The normalized spacial score (nSPS) is 15.7. The van der Waals surface area contributed by atoms with Gasteiger partial charge in [-0.3, -0.25) is 9.36 Å². The van der Waals surface area contributed by atoms with Crippen LogP contribution < -0.4 is 19.8 Å². The van der Waals surface area contributed by atoms with Gasteiger partial charge in [0.25, 0.3) is 5.56 Å². The molecule has 1 aromatic heterocycles. The number of rotatable bonds is 4. The molecule has 1 aliphatic rings. The van der Waals surface area contributed by atoms with Crippen molar-refractivity contribution >= 4 is 34.3 Å². The molecule has 0 saturated heterocycles. The number of benzene rings is 1. The fraction of sp³-hybridized carbons (Fsp3) is 0.381. The van der Waals surface area contributed by atoms with Gasteiger partial charge in [0.15, 0.2) is 4.80 Å². The van der Waals surface area contributed by atoms with Crippen LogP contribution in [0.5, 0.6) is 0 Å². The lowest BCUT2D eigenvalue weighted by molar-refractivity contribution is -0.138. The van der Waals surface area contributed by atoms with Crippen LogP contribution in [0.4, 0.5) is 5.69 Å². The Bertz CT molecular complexity index is 1120. The second kappa shape index (κ2) is 7.75. The molecule has 0 unspecified atom stereocenters. The summed E-state index contributed by atoms with van der Waals surface area (Å²) in [5.74, 6) is -0.437. The fourth-order valence-electron chi connectivity index (χ4n) is 3.22. The quantitative estimate of drug-likeness (QED) is 0.741. The number of aromatic nitrogens is 1. The van der Waals surface area contributed by atoms with Crippen LogP contribution in [0.2, 0.25) is 0 Å². The third kappa shape index (κ3) is 3.42. The van der Waals surface area contributed by atoms with Gasteiger partial charge in [-0.25, -0.2) is 9.79 Å². The van der Waals surface area contributed by atoms with Crippen LogP contribution in [-0.4, -0.2) is 31.2 Å². The van der Waals surface area contributed by atoms with Crippen LogP contribution in [0.1, 0.15) is 39.3 Å². The average molecular weight is 400 g/mol. The first-order valence-electron chi connectivity index (χ1n) is 9.19. The van der Waals surface area contributed by atoms with E-state index in [4.69, 9.17) is 9.73 Å². The number of hydrogen-bond donors (Lipinski definition) is 0. The first-order valence-corrected chi connectivity index (χ1v) is 10.0. The molecule has 7 heteroatoms. The van der Waals surface area contributed by atoms with Crippen molar-refractivity contribution in [1.82, 2.24) is 4.57 Å². The Labute approximate surface area is 168 Å². The van der Waals surface area contributed by atoms with Crippen molar-refractivity contribution in [2.45, 2.75) is 33.7 Å². The van der Waals surface area contributed by atoms with Gasteiger partial charge in [0.05, 0.1) is 16.7 Å². The van der Waals surface area contributed by atoms with Crippen molar-refractivity contribution in [3.63, 3.8) is 0 Å². The Balaban J connectivity index is 2.27. The number of nitrogens with zero attached hydrogens (tertiary/aromatic N) is 3. The van der Waals surface area contributed by atoms with Crippen LogP contribution in [0, 0.1) is 0 Å². The van der Waals surface area contributed by atoms with Crippen molar-refractivity contribution in [3.8, 4) is 0 Å². The lowest BCUT2D eigenvalue weighted by atomic mass is 9.96. The molecular formula is C21H25N3O3S.